The maximum absolute atomic E-state index is 2.53. The quantitative estimate of drug-likeness (QED) is 0.177. The molecular formula is C48H35N. The number of anilines is 1. The summed E-state index contributed by atoms with van der Waals surface area (Å²) in [5.74, 6) is 0. The molecule has 0 saturated carbocycles. The normalized spacial score (nSPS) is 14.6. The van der Waals surface area contributed by atoms with Crippen molar-refractivity contribution in [3.63, 3.8) is 0 Å². The first-order chi connectivity index (χ1) is 24.0. The van der Waals surface area contributed by atoms with Crippen LogP contribution in [0.5, 0.6) is 0 Å². The van der Waals surface area contributed by atoms with Crippen molar-refractivity contribution >= 4 is 48.8 Å². The summed E-state index contributed by atoms with van der Waals surface area (Å²) in [5.41, 5.74) is 11.6. The average molecular weight is 626 g/mol. The van der Waals surface area contributed by atoms with Crippen molar-refractivity contribution in [3.8, 4) is 33.4 Å². The van der Waals surface area contributed by atoms with Crippen molar-refractivity contribution in [2.75, 3.05) is 4.90 Å². The lowest BCUT2D eigenvalue weighted by molar-refractivity contribution is 0.661. The smallest absolute Gasteiger partial charge is 0.0452 e. The number of nitrogens with zero attached hydrogens (tertiary/aromatic N) is 1. The summed E-state index contributed by atoms with van der Waals surface area (Å²) >= 11 is 0. The summed E-state index contributed by atoms with van der Waals surface area (Å²) in [6.45, 7) is 4.80. The first-order valence-electron chi connectivity index (χ1n) is 17.3. The Hall–Kier alpha value is -5.92. The number of hydrogen-bond acceptors (Lipinski definition) is 1. The Balaban J connectivity index is 1.31. The van der Waals surface area contributed by atoms with Gasteiger partial charge in [0.25, 0.3) is 0 Å². The lowest BCUT2D eigenvalue weighted by atomic mass is 9.79. The van der Waals surface area contributed by atoms with Crippen LogP contribution in [0, 0.1) is 0 Å². The predicted molar refractivity (Wildman–Crippen MR) is 210 cm³/mol. The summed E-state index contributed by atoms with van der Waals surface area (Å²) in [6.07, 6.45) is 9.78. The van der Waals surface area contributed by atoms with Crippen LogP contribution in [0.1, 0.15) is 31.4 Å². The molecule has 0 saturated heterocycles. The Bertz CT molecular complexity index is 2710. The standard InChI is InChI=1S/C48H35N/c1-48(2)44-28-37(49-24-10-3-11-25-49)22-23-38(44)41-29-42-43(30-45(41)48)47(36-21-19-32-13-5-7-15-34(32)27-36)40-17-9-8-16-39(40)46(42)35-20-18-31-12-4-6-14-33(31)26-35/h4-30H,3H2,1-2H3. The third-order valence-corrected chi connectivity index (χ3v) is 11.0. The second-order valence-electron chi connectivity index (χ2n) is 14.1. The van der Waals surface area contributed by atoms with Gasteiger partial charge in [0.05, 0.1) is 0 Å². The second kappa shape index (κ2) is 10.5. The zero-order chi connectivity index (χ0) is 32.7. The molecule has 0 unspecified atom stereocenters. The van der Waals surface area contributed by atoms with Gasteiger partial charge < -0.3 is 4.90 Å². The van der Waals surface area contributed by atoms with Crippen LogP contribution < -0.4 is 4.90 Å². The van der Waals surface area contributed by atoms with Gasteiger partial charge >= 0.3 is 0 Å². The summed E-state index contributed by atoms with van der Waals surface area (Å²) < 4.78 is 0. The molecule has 1 heteroatoms. The number of allylic oxidation sites excluding steroid dienone is 2. The molecule has 232 valence electrons. The van der Waals surface area contributed by atoms with Gasteiger partial charge in [0.2, 0.25) is 0 Å². The molecule has 0 aromatic heterocycles. The summed E-state index contributed by atoms with van der Waals surface area (Å²) in [7, 11) is 0. The molecule has 0 radical (unpaired) electrons. The number of benzene rings is 8. The Kier molecular flexibility index (Phi) is 6.05. The number of hydrogen-bond donors (Lipinski definition) is 0. The minimum atomic E-state index is -0.159. The van der Waals surface area contributed by atoms with E-state index >= 15 is 0 Å². The van der Waals surface area contributed by atoms with Crippen molar-refractivity contribution < 1.29 is 0 Å². The highest BCUT2D eigenvalue weighted by atomic mass is 15.1. The van der Waals surface area contributed by atoms with Crippen LogP contribution in [0.4, 0.5) is 5.69 Å². The van der Waals surface area contributed by atoms with Crippen LogP contribution in [-0.4, -0.2) is 0 Å². The lowest BCUT2D eigenvalue weighted by Crippen LogP contribution is -2.16. The Morgan fingerprint density at radius 3 is 1.59 bits per heavy atom. The molecule has 0 atom stereocenters. The third-order valence-electron chi connectivity index (χ3n) is 11.0. The van der Waals surface area contributed by atoms with Crippen LogP contribution in [-0.2, 0) is 5.41 Å². The lowest BCUT2D eigenvalue weighted by Gasteiger charge is -2.25. The van der Waals surface area contributed by atoms with Crippen LogP contribution in [0.2, 0.25) is 0 Å². The topological polar surface area (TPSA) is 3.24 Å². The van der Waals surface area contributed by atoms with Crippen LogP contribution in [0.25, 0.3) is 76.5 Å². The van der Waals surface area contributed by atoms with E-state index in [9.17, 15) is 0 Å². The first kappa shape index (κ1) is 28.1. The highest BCUT2D eigenvalue weighted by Gasteiger charge is 2.37. The van der Waals surface area contributed by atoms with Gasteiger partial charge in [-0.05, 0) is 130 Å². The van der Waals surface area contributed by atoms with E-state index in [0.29, 0.717) is 0 Å². The largest absolute Gasteiger partial charge is 0.324 e. The summed E-state index contributed by atoms with van der Waals surface area (Å²) in [4.78, 5) is 2.24. The zero-order valence-electron chi connectivity index (χ0n) is 27.7. The van der Waals surface area contributed by atoms with Gasteiger partial charge in [0.1, 0.15) is 0 Å². The predicted octanol–water partition coefficient (Wildman–Crippen LogP) is 13.2. The molecule has 0 spiro atoms. The maximum Gasteiger partial charge on any atom is 0.0452 e. The molecule has 0 fully saturated rings. The van der Waals surface area contributed by atoms with E-state index in [1.807, 2.05) is 0 Å². The van der Waals surface area contributed by atoms with Crippen LogP contribution >= 0.6 is 0 Å². The molecule has 1 nitrogen and oxygen atoms in total. The van der Waals surface area contributed by atoms with Crippen LogP contribution in [0.3, 0.4) is 0 Å². The van der Waals surface area contributed by atoms with Gasteiger partial charge in [-0.15, -0.1) is 0 Å². The van der Waals surface area contributed by atoms with Crippen molar-refractivity contribution in [2.24, 2.45) is 0 Å². The molecule has 1 aliphatic heterocycles. The molecule has 1 heterocycles. The Labute approximate surface area is 287 Å². The molecule has 0 N–H and O–H groups in total. The van der Waals surface area contributed by atoms with Gasteiger partial charge in [0, 0.05) is 23.5 Å². The molecule has 8 aromatic rings. The van der Waals surface area contributed by atoms with E-state index in [0.717, 1.165) is 6.42 Å². The van der Waals surface area contributed by atoms with Gasteiger partial charge in [-0.2, -0.15) is 0 Å². The van der Waals surface area contributed by atoms with Gasteiger partial charge in [-0.1, -0.05) is 129 Å². The van der Waals surface area contributed by atoms with Crippen molar-refractivity contribution in [3.05, 3.63) is 175 Å². The third kappa shape index (κ3) is 4.25. The zero-order valence-corrected chi connectivity index (χ0v) is 27.7. The van der Waals surface area contributed by atoms with Crippen LogP contribution in [0.15, 0.2) is 164 Å². The maximum atomic E-state index is 2.53. The highest BCUT2D eigenvalue weighted by molar-refractivity contribution is 6.23. The average Bonchev–Trinajstić information content (AvgIpc) is 3.37. The summed E-state index contributed by atoms with van der Waals surface area (Å²) in [6, 6.07) is 52.5. The first-order valence-corrected chi connectivity index (χ1v) is 17.3. The molecular weight excluding hydrogens is 591 g/mol. The molecule has 0 amide bonds. The number of fused-ring (bicyclic) bond motifs is 7. The van der Waals surface area contributed by atoms with Crippen molar-refractivity contribution in [1.29, 1.82) is 0 Å². The fraction of sp³-hybridized carbons (Fsp3) is 0.0833. The fourth-order valence-corrected chi connectivity index (χ4v) is 8.51. The van der Waals surface area contributed by atoms with E-state index in [1.165, 1.54) is 93.3 Å². The molecule has 1 aliphatic carbocycles. The number of rotatable bonds is 3. The van der Waals surface area contributed by atoms with E-state index < -0.39 is 0 Å². The Morgan fingerprint density at radius 2 is 0.980 bits per heavy atom. The molecule has 0 bridgehead atoms. The molecule has 2 aliphatic rings. The van der Waals surface area contributed by atoms with Gasteiger partial charge in [-0.3, -0.25) is 0 Å². The van der Waals surface area contributed by atoms with E-state index in [4.69, 9.17) is 0 Å². The van der Waals surface area contributed by atoms with E-state index in [-0.39, 0.29) is 5.41 Å². The van der Waals surface area contributed by atoms with Gasteiger partial charge in [-0.25, -0.2) is 0 Å². The fourth-order valence-electron chi connectivity index (χ4n) is 8.51. The monoisotopic (exact) mass is 625 g/mol. The van der Waals surface area contributed by atoms with Gasteiger partial charge in [0.15, 0.2) is 0 Å². The highest BCUT2D eigenvalue weighted by Crippen LogP contribution is 2.54. The molecule has 10 rings (SSSR count). The van der Waals surface area contributed by atoms with E-state index in [1.54, 1.807) is 0 Å². The second-order valence-corrected chi connectivity index (χ2v) is 14.1. The minimum Gasteiger partial charge on any atom is -0.324 e. The molecule has 8 aromatic carbocycles. The van der Waals surface area contributed by atoms with E-state index in [2.05, 4.69) is 183 Å². The van der Waals surface area contributed by atoms with Crippen molar-refractivity contribution in [1.82, 2.24) is 0 Å². The summed E-state index contributed by atoms with van der Waals surface area (Å²) in [5, 5.41) is 10.2. The molecule has 49 heavy (non-hydrogen) atoms. The SMILES string of the molecule is CC1(C)c2cc(N3C=CCC=C3)ccc2-c2cc3c(-c4ccc5ccccc5c4)c4ccccc4c(-c4ccc5ccccc5c4)c3cc21. The minimum absolute atomic E-state index is 0.159. The Morgan fingerprint density at radius 1 is 0.449 bits per heavy atom. The van der Waals surface area contributed by atoms with Crippen molar-refractivity contribution in [2.45, 2.75) is 25.7 Å².